The van der Waals surface area contributed by atoms with Gasteiger partial charge in [-0.05, 0) is 19.3 Å². The molecule has 0 saturated carbocycles. The van der Waals surface area contributed by atoms with Gasteiger partial charge < -0.3 is 5.11 Å². The van der Waals surface area contributed by atoms with Gasteiger partial charge in [-0.25, -0.2) is 0 Å². The molecule has 0 bridgehead atoms. The van der Waals surface area contributed by atoms with Gasteiger partial charge in [0.25, 0.3) is 0 Å². The summed E-state index contributed by atoms with van der Waals surface area (Å²) in [5.74, 6) is -0.674. The molecule has 0 rings (SSSR count). The quantitative estimate of drug-likeness (QED) is 0.386. The second-order valence-electron chi connectivity index (χ2n) is 3.34. The molecule has 1 N–H and O–H groups in total. The molecule has 0 spiro atoms. The number of allylic oxidation sites excluding steroid dienone is 1. The predicted octanol–water partition coefficient (Wildman–Crippen LogP) is 3.38. The molecular weight excluding hydrogens is 230 g/mol. The molecule has 0 radical (unpaired) electrons. The first-order valence-electron chi connectivity index (χ1n) is 5.10. The van der Waals surface area contributed by atoms with Crippen molar-refractivity contribution in [3.63, 3.8) is 0 Å². The minimum atomic E-state index is -0.674. The van der Waals surface area contributed by atoms with Gasteiger partial charge >= 0.3 is 25.4 Å². The first-order chi connectivity index (χ1) is 6.27. The fourth-order valence-electron chi connectivity index (χ4n) is 1.27. The summed E-state index contributed by atoms with van der Waals surface area (Å²) in [6.07, 6.45) is 10.1. The van der Waals surface area contributed by atoms with Gasteiger partial charge in [-0.15, -0.1) is 6.58 Å². The van der Waals surface area contributed by atoms with E-state index < -0.39 is 5.97 Å². The minimum absolute atomic E-state index is 0. The van der Waals surface area contributed by atoms with Crippen LogP contribution in [0.15, 0.2) is 12.7 Å². The summed E-state index contributed by atoms with van der Waals surface area (Å²) in [5, 5.41) is 8.38. The first-order valence-corrected chi connectivity index (χ1v) is 5.10. The van der Waals surface area contributed by atoms with E-state index in [0.717, 1.165) is 19.3 Å². The molecule has 0 amide bonds. The van der Waals surface area contributed by atoms with E-state index in [1.165, 1.54) is 25.7 Å². The van der Waals surface area contributed by atoms with Crippen LogP contribution in [-0.4, -0.2) is 11.1 Å². The normalized spacial score (nSPS) is 9.14. The molecule has 0 saturated heterocycles. The SMILES string of the molecule is C=CCCCCCCCCC(=O)O.[Zn+2]. The number of carboxylic acid groups (broad SMARTS) is 1. The second-order valence-corrected chi connectivity index (χ2v) is 3.34. The molecule has 14 heavy (non-hydrogen) atoms. The van der Waals surface area contributed by atoms with Crippen LogP contribution in [0.25, 0.3) is 0 Å². The van der Waals surface area contributed by atoms with E-state index in [2.05, 4.69) is 6.58 Å². The van der Waals surface area contributed by atoms with Gasteiger partial charge in [-0.3, -0.25) is 4.79 Å². The average Bonchev–Trinajstić information content (AvgIpc) is 2.09. The number of rotatable bonds is 9. The predicted molar refractivity (Wildman–Crippen MR) is 54.8 cm³/mol. The van der Waals surface area contributed by atoms with E-state index >= 15 is 0 Å². The molecule has 0 aromatic carbocycles. The van der Waals surface area contributed by atoms with Gasteiger partial charge in [-0.1, -0.05) is 31.8 Å². The topological polar surface area (TPSA) is 37.3 Å². The molecule has 0 aromatic rings. The van der Waals surface area contributed by atoms with Crippen molar-refractivity contribution in [2.45, 2.75) is 51.4 Å². The van der Waals surface area contributed by atoms with Crippen LogP contribution in [0.5, 0.6) is 0 Å². The molecule has 0 aliphatic heterocycles. The van der Waals surface area contributed by atoms with Crippen molar-refractivity contribution in [3.8, 4) is 0 Å². The maximum atomic E-state index is 10.2. The van der Waals surface area contributed by atoms with Gasteiger partial charge in [0.2, 0.25) is 0 Å². The van der Waals surface area contributed by atoms with Crippen LogP contribution in [-0.2, 0) is 24.3 Å². The van der Waals surface area contributed by atoms with Gasteiger partial charge in [0, 0.05) is 6.42 Å². The smallest absolute Gasteiger partial charge is 0.481 e. The Bertz CT molecular complexity index is 146. The van der Waals surface area contributed by atoms with Crippen LogP contribution >= 0.6 is 0 Å². The Morgan fingerprint density at radius 2 is 1.57 bits per heavy atom. The number of carbonyl (C=O) groups is 1. The number of carboxylic acids is 1. The van der Waals surface area contributed by atoms with Crippen LogP contribution in [0.1, 0.15) is 51.4 Å². The van der Waals surface area contributed by atoms with Crippen molar-refractivity contribution in [3.05, 3.63) is 12.7 Å². The zero-order chi connectivity index (χ0) is 9.94. The Morgan fingerprint density at radius 3 is 2.07 bits per heavy atom. The molecule has 0 aliphatic carbocycles. The fraction of sp³-hybridized carbons (Fsp3) is 0.727. The summed E-state index contributed by atoms with van der Waals surface area (Å²) < 4.78 is 0. The standard InChI is InChI=1S/C11H20O2.Zn/c1-2-3-4-5-6-7-8-9-10-11(12)13;/h2H,1,3-10H2,(H,12,13);/q;+2. The van der Waals surface area contributed by atoms with Crippen molar-refractivity contribution in [2.24, 2.45) is 0 Å². The van der Waals surface area contributed by atoms with Gasteiger partial charge in [0.1, 0.15) is 0 Å². The zero-order valence-corrected chi connectivity index (χ0v) is 12.0. The van der Waals surface area contributed by atoms with E-state index in [9.17, 15) is 4.79 Å². The number of aliphatic carboxylic acids is 1. The molecule has 0 atom stereocenters. The van der Waals surface area contributed by atoms with E-state index in [1.807, 2.05) is 6.08 Å². The van der Waals surface area contributed by atoms with Gasteiger partial charge in [0.15, 0.2) is 0 Å². The van der Waals surface area contributed by atoms with Crippen molar-refractivity contribution < 1.29 is 29.4 Å². The Hall–Kier alpha value is -0.167. The second kappa shape index (κ2) is 12.8. The molecule has 3 heteroatoms. The van der Waals surface area contributed by atoms with Crippen LogP contribution in [0.4, 0.5) is 0 Å². The summed E-state index contributed by atoms with van der Waals surface area (Å²) >= 11 is 0. The Balaban J connectivity index is 0. The van der Waals surface area contributed by atoms with Crippen molar-refractivity contribution in [1.82, 2.24) is 0 Å². The summed E-state index contributed by atoms with van der Waals surface area (Å²) in [5.41, 5.74) is 0. The summed E-state index contributed by atoms with van der Waals surface area (Å²) in [6, 6.07) is 0. The van der Waals surface area contributed by atoms with E-state index in [4.69, 9.17) is 5.11 Å². The molecule has 76 valence electrons. The average molecular weight is 250 g/mol. The van der Waals surface area contributed by atoms with Crippen LogP contribution in [0, 0.1) is 0 Å². The molecule has 0 heterocycles. The largest absolute Gasteiger partial charge is 2.00 e. The Morgan fingerprint density at radius 1 is 1.07 bits per heavy atom. The maximum Gasteiger partial charge on any atom is 2.00 e. The fourth-order valence-corrected chi connectivity index (χ4v) is 1.27. The molecule has 0 fully saturated rings. The van der Waals surface area contributed by atoms with Gasteiger partial charge in [-0.2, -0.15) is 0 Å². The minimum Gasteiger partial charge on any atom is -0.481 e. The van der Waals surface area contributed by atoms with Crippen molar-refractivity contribution in [2.75, 3.05) is 0 Å². The van der Waals surface area contributed by atoms with Crippen molar-refractivity contribution in [1.29, 1.82) is 0 Å². The molecule has 0 aromatic heterocycles. The maximum absolute atomic E-state index is 10.2. The third-order valence-corrected chi connectivity index (χ3v) is 2.05. The van der Waals surface area contributed by atoms with Crippen LogP contribution in [0.3, 0.4) is 0 Å². The Kier molecular flexibility index (Phi) is 14.9. The van der Waals surface area contributed by atoms with Crippen LogP contribution in [0.2, 0.25) is 0 Å². The molecule has 0 unspecified atom stereocenters. The first kappa shape index (κ1) is 16.3. The third-order valence-electron chi connectivity index (χ3n) is 2.05. The van der Waals surface area contributed by atoms with E-state index in [-0.39, 0.29) is 19.5 Å². The molecule has 2 nitrogen and oxygen atoms in total. The summed E-state index contributed by atoms with van der Waals surface area (Å²) in [4.78, 5) is 10.2. The van der Waals surface area contributed by atoms with E-state index in [0.29, 0.717) is 6.42 Å². The monoisotopic (exact) mass is 248 g/mol. The van der Waals surface area contributed by atoms with Gasteiger partial charge in [0.05, 0.1) is 0 Å². The van der Waals surface area contributed by atoms with E-state index in [1.54, 1.807) is 0 Å². The number of unbranched alkanes of at least 4 members (excludes halogenated alkanes) is 6. The van der Waals surface area contributed by atoms with Crippen molar-refractivity contribution >= 4 is 5.97 Å². The summed E-state index contributed by atoms with van der Waals surface area (Å²) in [7, 11) is 0. The molecule has 0 aliphatic rings. The Labute approximate surface area is 99.5 Å². The molecular formula is C11H20O2Zn+2. The third kappa shape index (κ3) is 14.4. The van der Waals surface area contributed by atoms with Crippen LogP contribution < -0.4 is 0 Å². The number of hydrogen-bond acceptors (Lipinski definition) is 1. The zero-order valence-electron chi connectivity index (χ0n) is 9.00. The number of hydrogen-bond donors (Lipinski definition) is 1. The summed E-state index contributed by atoms with van der Waals surface area (Å²) in [6.45, 7) is 3.66.